The highest BCUT2D eigenvalue weighted by molar-refractivity contribution is 5.78. The van der Waals surface area contributed by atoms with E-state index in [0.717, 1.165) is 17.9 Å². The molecular formula is C19H27N3O2. The summed E-state index contributed by atoms with van der Waals surface area (Å²) in [7, 11) is 1.67. The van der Waals surface area contributed by atoms with Crippen LogP contribution in [0.2, 0.25) is 0 Å². The van der Waals surface area contributed by atoms with Gasteiger partial charge in [0.15, 0.2) is 0 Å². The fourth-order valence-corrected chi connectivity index (χ4v) is 4.44. The number of nitrogens with zero attached hydrogens (tertiary/aromatic N) is 1. The molecule has 5 nitrogen and oxygen atoms in total. The number of hydrogen-bond acceptors (Lipinski definition) is 4. The minimum Gasteiger partial charge on any atom is -0.497 e. The maximum Gasteiger partial charge on any atom is 0.223 e. The van der Waals surface area contributed by atoms with Gasteiger partial charge in [-0.15, -0.1) is 0 Å². The van der Waals surface area contributed by atoms with Gasteiger partial charge in [-0.05, 0) is 30.5 Å². The van der Waals surface area contributed by atoms with Crippen LogP contribution < -0.4 is 15.4 Å². The van der Waals surface area contributed by atoms with Crippen molar-refractivity contribution in [2.45, 2.75) is 56.9 Å². The molecule has 0 aromatic heterocycles. The molecular weight excluding hydrogens is 302 g/mol. The van der Waals surface area contributed by atoms with E-state index in [1.807, 2.05) is 29.2 Å². The van der Waals surface area contributed by atoms with Crippen LogP contribution in [0.3, 0.4) is 0 Å². The van der Waals surface area contributed by atoms with Gasteiger partial charge in [0.25, 0.3) is 0 Å². The van der Waals surface area contributed by atoms with Crippen molar-refractivity contribution in [1.82, 2.24) is 15.5 Å². The van der Waals surface area contributed by atoms with Crippen LogP contribution in [0.5, 0.6) is 5.75 Å². The van der Waals surface area contributed by atoms with E-state index in [9.17, 15) is 4.79 Å². The van der Waals surface area contributed by atoms with Crippen LogP contribution in [0, 0.1) is 5.92 Å². The predicted molar refractivity (Wildman–Crippen MR) is 92.6 cm³/mol. The maximum absolute atomic E-state index is 12.4. The third-order valence-electron chi connectivity index (χ3n) is 5.80. The highest BCUT2D eigenvalue weighted by Gasteiger charge is 2.42. The Kier molecular flexibility index (Phi) is 4.46. The van der Waals surface area contributed by atoms with E-state index in [2.05, 4.69) is 10.6 Å². The molecule has 0 bridgehead atoms. The number of likely N-dealkylation sites (tertiary alicyclic amines) is 1. The summed E-state index contributed by atoms with van der Waals surface area (Å²) in [6.45, 7) is 1.54. The molecule has 1 aromatic rings. The first-order chi connectivity index (χ1) is 11.7. The Bertz CT molecular complexity index is 575. The zero-order valence-corrected chi connectivity index (χ0v) is 14.3. The molecule has 3 atom stereocenters. The number of fused-ring (bicyclic) bond motifs is 1. The van der Waals surface area contributed by atoms with Gasteiger partial charge in [-0.2, -0.15) is 0 Å². The molecule has 5 heteroatoms. The van der Waals surface area contributed by atoms with Gasteiger partial charge in [-0.1, -0.05) is 25.0 Å². The number of benzene rings is 1. The second kappa shape index (κ2) is 6.73. The molecule has 4 rings (SSSR count). The van der Waals surface area contributed by atoms with Gasteiger partial charge in [0.1, 0.15) is 5.75 Å². The lowest BCUT2D eigenvalue weighted by molar-refractivity contribution is -0.128. The molecule has 130 valence electrons. The first kappa shape index (κ1) is 15.9. The summed E-state index contributed by atoms with van der Waals surface area (Å²) in [5.74, 6) is 1.50. The number of carbonyl (C=O) groups is 1. The molecule has 3 fully saturated rings. The van der Waals surface area contributed by atoms with Gasteiger partial charge < -0.3 is 9.64 Å². The summed E-state index contributed by atoms with van der Waals surface area (Å²) in [6.07, 6.45) is 6.14. The minimum atomic E-state index is 0.272. The van der Waals surface area contributed by atoms with E-state index in [1.165, 1.54) is 25.7 Å². The molecule has 1 saturated carbocycles. The fourth-order valence-electron chi connectivity index (χ4n) is 4.44. The van der Waals surface area contributed by atoms with Crippen molar-refractivity contribution in [3.63, 3.8) is 0 Å². The lowest BCUT2D eigenvalue weighted by Crippen LogP contribution is -2.41. The van der Waals surface area contributed by atoms with Crippen LogP contribution in [0.1, 0.15) is 37.7 Å². The van der Waals surface area contributed by atoms with Crippen LogP contribution in [0.4, 0.5) is 0 Å². The number of rotatable bonds is 4. The highest BCUT2D eigenvalue weighted by atomic mass is 16.5. The number of ether oxygens (including phenoxy) is 1. The van der Waals surface area contributed by atoms with Crippen molar-refractivity contribution in [1.29, 1.82) is 0 Å². The van der Waals surface area contributed by atoms with Gasteiger partial charge in [-0.3, -0.25) is 15.4 Å². The Balaban J connectivity index is 1.36. The minimum absolute atomic E-state index is 0.272. The highest BCUT2D eigenvalue weighted by Crippen LogP contribution is 2.29. The Morgan fingerprint density at radius 1 is 1.12 bits per heavy atom. The van der Waals surface area contributed by atoms with Crippen molar-refractivity contribution >= 4 is 5.91 Å². The average Bonchev–Trinajstić information content (AvgIpc) is 3.19. The van der Waals surface area contributed by atoms with Crippen LogP contribution in [0.15, 0.2) is 24.3 Å². The summed E-state index contributed by atoms with van der Waals surface area (Å²) < 4.78 is 5.19. The SMILES string of the molecule is COc1ccc(CN2CC(C3NC4CCCCC4N3)CC2=O)cc1. The van der Waals surface area contributed by atoms with E-state index in [4.69, 9.17) is 4.74 Å². The quantitative estimate of drug-likeness (QED) is 0.885. The summed E-state index contributed by atoms with van der Waals surface area (Å²) >= 11 is 0. The van der Waals surface area contributed by atoms with Crippen LogP contribution in [-0.4, -0.2) is 42.7 Å². The molecule has 2 heterocycles. The monoisotopic (exact) mass is 329 g/mol. The second-order valence-electron chi connectivity index (χ2n) is 7.39. The molecule has 1 aliphatic carbocycles. The first-order valence-electron chi connectivity index (χ1n) is 9.16. The lowest BCUT2D eigenvalue weighted by Gasteiger charge is -2.23. The normalized spacial score (nSPS) is 32.9. The molecule has 3 unspecified atom stereocenters. The average molecular weight is 329 g/mol. The van der Waals surface area contributed by atoms with Crippen LogP contribution >= 0.6 is 0 Å². The largest absolute Gasteiger partial charge is 0.497 e. The van der Waals surface area contributed by atoms with Crippen molar-refractivity contribution in [3.05, 3.63) is 29.8 Å². The summed E-state index contributed by atoms with van der Waals surface area (Å²) in [6, 6.07) is 9.21. The van der Waals surface area contributed by atoms with Crippen molar-refractivity contribution < 1.29 is 9.53 Å². The standard InChI is InChI=1S/C19H27N3O2/c1-24-15-8-6-13(7-9-15)11-22-12-14(10-18(22)23)19-20-16-4-2-3-5-17(16)21-19/h6-9,14,16-17,19-21H,2-5,10-12H2,1H3. The number of amides is 1. The molecule has 24 heavy (non-hydrogen) atoms. The molecule has 0 spiro atoms. The Morgan fingerprint density at radius 2 is 1.79 bits per heavy atom. The predicted octanol–water partition coefficient (Wildman–Crippen LogP) is 1.87. The third-order valence-corrected chi connectivity index (χ3v) is 5.80. The van der Waals surface area contributed by atoms with E-state index >= 15 is 0 Å². The molecule has 2 saturated heterocycles. The maximum atomic E-state index is 12.4. The summed E-state index contributed by atoms with van der Waals surface area (Å²) in [5, 5.41) is 7.50. The van der Waals surface area contributed by atoms with Gasteiger partial charge >= 0.3 is 0 Å². The van der Waals surface area contributed by atoms with Gasteiger partial charge in [0.05, 0.1) is 13.3 Å². The molecule has 1 aromatic carbocycles. The molecule has 2 N–H and O–H groups in total. The van der Waals surface area contributed by atoms with E-state index < -0.39 is 0 Å². The van der Waals surface area contributed by atoms with Crippen LogP contribution in [0.25, 0.3) is 0 Å². The Labute approximate surface area is 143 Å². The third kappa shape index (κ3) is 3.15. The van der Waals surface area contributed by atoms with Crippen LogP contribution in [-0.2, 0) is 11.3 Å². The molecule has 3 aliphatic rings. The van der Waals surface area contributed by atoms with Gasteiger partial charge in [0.2, 0.25) is 5.91 Å². The van der Waals surface area contributed by atoms with Crippen molar-refractivity contribution in [2.24, 2.45) is 5.92 Å². The first-order valence-corrected chi connectivity index (χ1v) is 9.16. The van der Waals surface area contributed by atoms with Gasteiger partial charge in [-0.25, -0.2) is 0 Å². The zero-order chi connectivity index (χ0) is 16.5. The van der Waals surface area contributed by atoms with E-state index in [-0.39, 0.29) is 5.91 Å². The number of methoxy groups -OCH3 is 1. The molecule has 0 radical (unpaired) electrons. The van der Waals surface area contributed by atoms with Gasteiger partial charge in [0, 0.05) is 37.5 Å². The smallest absolute Gasteiger partial charge is 0.223 e. The molecule has 1 amide bonds. The van der Waals surface area contributed by atoms with Crippen molar-refractivity contribution in [3.8, 4) is 5.75 Å². The number of nitrogens with one attached hydrogen (secondary N) is 2. The Morgan fingerprint density at radius 3 is 2.42 bits per heavy atom. The lowest BCUT2D eigenvalue weighted by atomic mass is 9.92. The zero-order valence-electron chi connectivity index (χ0n) is 14.3. The second-order valence-corrected chi connectivity index (χ2v) is 7.39. The summed E-state index contributed by atoms with van der Waals surface area (Å²) in [5.41, 5.74) is 1.16. The van der Waals surface area contributed by atoms with E-state index in [0.29, 0.717) is 37.1 Å². The summed E-state index contributed by atoms with van der Waals surface area (Å²) in [4.78, 5) is 14.4. The fraction of sp³-hybridized carbons (Fsp3) is 0.632. The molecule has 2 aliphatic heterocycles. The number of hydrogen-bond donors (Lipinski definition) is 2. The number of carbonyl (C=O) groups excluding carboxylic acids is 1. The van der Waals surface area contributed by atoms with Crippen molar-refractivity contribution in [2.75, 3.05) is 13.7 Å². The Hall–Kier alpha value is -1.59. The topological polar surface area (TPSA) is 53.6 Å². The van der Waals surface area contributed by atoms with E-state index in [1.54, 1.807) is 7.11 Å².